The monoisotopic (exact) mass is 456 g/mol. The van der Waals surface area contributed by atoms with Crippen LogP contribution in [0, 0.1) is 19.7 Å². The summed E-state index contributed by atoms with van der Waals surface area (Å²) in [6.07, 6.45) is 1.86. The molecule has 5 heteroatoms. The van der Waals surface area contributed by atoms with Gasteiger partial charge in [-0.05, 0) is 66.6 Å². The molecule has 34 heavy (non-hydrogen) atoms. The number of hydrogen-bond donors (Lipinski definition) is 2. The lowest BCUT2D eigenvalue weighted by Crippen LogP contribution is -2.18. The zero-order valence-corrected chi connectivity index (χ0v) is 19.8. The van der Waals surface area contributed by atoms with E-state index in [1.54, 1.807) is 6.07 Å². The number of nitrogens with one attached hydrogen (secondary N) is 2. The van der Waals surface area contributed by atoms with Crippen molar-refractivity contribution in [3.05, 3.63) is 94.4 Å². The lowest BCUT2D eigenvalue weighted by atomic mass is 9.97. The molecule has 0 aliphatic carbocycles. The summed E-state index contributed by atoms with van der Waals surface area (Å²) in [5.41, 5.74) is 7.42. The molecule has 0 saturated heterocycles. The highest BCUT2D eigenvalue weighted by Gasteiger charge is 2.15. The molecule has 0 fully saturated rings. The van der Waals surface area contributed by atoms with Crippen molar-refractivity contribution in [2.75, 3.05) is 0 Å². The Kier molecular flexibility index (Phi) is 6.92. The number of aromatic nitrogens is 1. The average molecular weight is 457 g/mol. The summed E-state index contributed by atoms with van der Waals surface area (Å²) >= 11 is 0. The number of benzene rings is 3. The highest BCUT2D eigenvalue weighted by atomic mass is 19.1. The number of ketones is 1. The Hall–Kier alpha value is -3.73. The van der Waals surface area contributed by atoms with Gasteiger partial charge in [-0.3, -0.25) is 9.59 Å². The van der Waals surface area contributed by atoms with Crippen LogP contribution >= 0.6 is 0 Å². The predicted molar refractivity (Wildman–Crippen MR) is 134 cm³/mol. The summed E-state index contributed by atoms with van der Waals surface area (Å²) in [6, 6.07) is 18.9. The summed E-state index contributed by atoms with van der Waals surface area (Å²) in [4.78, 5) is 27.1. The molecule has 0 atom stereocenters. The van der Waals surface area contributed by atoms with Crippen LogP contribution in [0.25, 0.3) is 22.0 Å². The summed E-state index contributed by atoms with van der Waals surface area (Å²) < 4.78 is 14.2. The van der Waals surface area contributed by atoms with Crippen LogP contribution in [0.15, 0.2) is 60.7 Å². The minimum Gasteiger partial charge on any atom is -0.356 e. The van der Waals surface area contributed by atoms with Crippen molar-refractivity contribution >= 4 is 22.6 Å². The summed E-state index contributed by atoms with van der Waals surface area (Å²) in [5.74, 6) is -0.200. The molecule has 174 valence electrons. The molecule has 0 spiro atoms. The quantitative estimate of drug-likeness (QED) is 0.300. The van der Waals surface area contributed by atoms with Gasteiger partial charge in [0.2, 0.25) is 5.91 Å². The lowest BCUT2D eigenvalue weighted by Gasteiger charge is -2.08. The number of H-pyrrole nitrogens is 1. The van der Waals surface area contributed by atoms with E-state index >= 15 is 0 Å². The van der Waals surface area contributed by atoms with Crippen molar-refractivity contribution in [3.8, 4) is 11.1 Å². The van der Waals surface area contributed by atoms with Gasteiger partial charge in [0.1, 0.15) is 5.82 Å². The van der Waals surface area contributed by atoms with E-state index in [-0.39, 0.29) is 17.5 Å². The third-order valence-corrected chi connectivity index (χ3v) is 6.27. The zero-order valence-electron chi connectivity index (χ0n) is 19.8. The minimum absolute atomic E-state index is 0.0598. The van der Waals surface area contributed by atoms with Crippen LogP contribution in [-0.4, -0.2) is 16.7 Å². The Bertz CT molecular complexity index is 1350. The van der Waals surface area contributed by atoms with Crippen molar-refractivity contribution in [1.29, 1.82) is 0 Å². The molecule has 1 aromatic heterocycles. The van der Waals surface area contributed by atoms with Crippen molar-refractivity contribution < 1.29 is 14.0 Å². The first-order chi connectivity index (χ1) is 16.3. The first-order valence-corrected chi connectivity index (χ1v) is 11.6. The zero-order chi connectivity index (χ0) is 24.2. The second kappa shape index (κ2) is 10.0. The van der Waals surface area contributed by atoms with Gasteiger partial charge in [-0.15, -0.1) is 0 Å². The summed E-state index contributed by atoms with van der Waals surface area (Å²) in [7, 11) is 0. The molecule has 0 bridgehead atoms. The maximum Gasteiger partial charge on any atom is 0.217 e. The predicted octanol–water partition coefficient (Wildman–Crippen LogP) is 6.43. The van der Waals surface area contributed by atoms with Crippen LogP contribution in [0.4, 0.5) is 4.39 Å². The van der Waals surface area contributed by atoms with Gasteiger partial charge in [0, 0.05) is 36.5 Å². The topological polar surface area (TPSA) is 62.0 Å². The molecule has 0 saturated carbocycles. The van der Waals surface area contributed by atoms with Gasteiger partial charge in [-0.2, -0.15) is 0 Å². The number of halogens is 1. The maximum absolute atomic E-state index is 14.2. The first kappa shape index (κ1) is 23.4. The Morgan fingerprint density at radius 2 is 1.74 bits per heavy atom. The van der Waals surface area contributed by atoms with E-state index in [2.05, 4.69) is 10.3 Å². The molecule has 4 aromatic rings. The van der Waals surface area contributed by atoms with Gasteiger partial charge in [0.25, 0.3) is 0 Å². The molecule has 0 radical (unpaired) electrons. The Morgan fingerprint density at radius 1 is 0.971 bits per heavy atom. The molecule has 1 amide bonds. The Morgan fingerprint density at radius 3 is 2.47 bits per heavy atom. The normalized spacial score (nSPS) is 11.1. The van der Waals surface area contributed by atoms with E-state index in [1.165, 1.54) is 13.0 Å². The second-order valence-electron chi connectivity index (χ2n) is 8.81. The lowest BCUT2D eigenvalue weighted by molar-refractivity contribution is -0.119. The fraction of sp³-hybridized carbons (Fsp3) is 0.241. The van der Waals surface area contributed by atoms with E-state index in [0.717, 1.165) is 45.3 Å². The standard InChI is InChI=1S/C29H29FN2O2/c1-18-10-15-26(30)29-28(18)25(19(2)32-29)8-5-9-27(34)23-13-11-22(12-14-23)24-7-4-6-21(16-24)17-31-20(3)33/h4,6-7,10-16,32H,5,8-9,17H2,1-3H3,(H,31,33). The molecule has 0 unspecified atom stereocenters. The van der Waals surface area contributed by atoms with Crippen LogP contribution in [0.2, 0.25) is 0 Å². The molecule has 4 nitrogen and oxygen atoms in total. The molecule has 0 aliphatic rings. The first-order valence-electron chi connectivity index (χ1n) is 11.6. The number of aryl methyl sites for hydroxylation is 3. The third-order valence-electron chi connectivity index (χ3n) is 6.27. The van der Waals surface area contributed by atoms with Gasteiger partial charge < -0.3 is 10.3 Å². The highest BCUT2D eigenvalue weighted by molar-refractivity contribution is 5.96. The van der Waals surface area contributed by atoms with Gasteiger partial charge in [0.15, 0.2) is 5.78 Å². The van der Waals surface area contributed by atoms with Crippen molar-refractivity contribution in [3.63, 3.8) is 0 Å². The van der Waals surface area contributed by atoms with E-state index in [0.29, 0.717) is 30.5 Å². The molecule has 3 aromatic carbocycles. The van der Waals surface area contributed by atoms with Crippen LogP contribution in [0.5, 0.6) is 0 Å². The number of fused-ring (bicyclic) bond motifs is 1. The van der Waals surface area contributed by atoms with Crippen molar-refractivity contribution in [1.82, 2.24) is 10.3 Å². The Labute approximate surface area is 199 Å². The number of Topliss-reactive ketones (excluding diaryl/α,β-unsaturated/α-hetero) is 1. The highest BCUT2D eigenvalue weighted by Crippen LogP contribution is 2.29. The van der Waals surface area contributed by atoms with E-state index < -0.39 is 0 Å². The molecule has 4 rings (SSSR count). The van der Waals surface area contributed by atoms with Gasteiger partial charge >= 0.3 is 0 Å². The smallest absolute Gasteiger partial charge is 0.217 e. The number of aromatic amines is 1. The number of rotatable bonds is 8. The minimum atomic E-state index is -0.244. The largest absolute Gasteiger partial charge is 0.356 e. The van der Waals surface area contributed by atoms with Gasteiger partial charge in [-0.1, -0.05) is 48.5 Å². The van der Waals surface area contributed by atoms with E-state index in [1.807, 2.05) is 62.4 Å². The van der Waals surface area contributed by atoms with E-state index in [9.17, 15) is 14.0 Å². The molecule has 2 N–H and O–H groups in total. The number of carbonyl (C=O) groups is 2. The summed E-state index contributed by atoms with van der Waals surface area (Å²) in [6.45, 7) is 5.94. The summed E-state index contributed by atoms with van der Waals surface area (Å²) in [5, 5.41) is 3.75. The SMILES string of the molecule is CC(=O)NCc1cccc(-c2ccc(C(=O)CCCc3c(C)[nH]c4c(F)ccc(C)c34)cc2)c1. The van der Waals surface area contributed by atoms with Gasteiger partial charge in [0.05, 0.1) is 5.52 Å². The number of amides is 1. The van der Waals surface area contributed by atoms with Crippen LogP contribution in [-0.2, 0) is 17.8 Å². The van der Waals surface area contributed by atoms with Crippen LogP contribution < -0.4 is 5.32 Å². The average Bonchev–Trinajstić information content (AvgIpc) is 3.17. The van der Waals surface area contributed by atoms with Crippen molar-refractivity contribution in [2.45, 2.75) is 46.6 Å². The molecule has 1 heterocycles. The molecule has 0 aliphatic heterocycles. The molecular formula is C29H29FN2O2. The van der Waals surface area contributed by atoms with Gasteiger partial charge in [-0.25, -0.2) is 4.39 Å². The van der Waals surface area contributed by atoms with E-state index in [4.69, 9.17) is 0 Å². The fourth-order valence-corrected chi connectivity index (χ4v) is 4.46. The number of carbonyl (C=O) groups excluding carboxylic acids is 2. The molecular weight excluding hydrogens is 427 g/mol. The Balaban J connectivity index is 1.40. The maximum atomic E-state index is 14.2. The van der Waals surface area contributed by atoms with Crippen LogP contribution in [0.3, 0.4) is 0 Å². The third kappa shape index (κ3) is 5.09. The number of hydrogen-bond acceptors (Lipinski definition) is 2. The van der Waals surface area contributed by atoms with Crippen molar-refractivity contribution in [2.24, 2.45) is 0 Å². The fourth-order valence-electron chi connectivity index (χ4n) is 4.46. The second-order valence-corrected chi connectivity index (χ2v) is 8.81. The van der Waals surface area contributed by atoms with Crippen LogP contribution in [0.1, 0.15) is 52.5 Å².